The third kappa shape index (κ3) is 5.93. The van der Waals surface area contributed by atoms with E-state index in [4.69, 9.17) is 9.47 Å². The molecule has 3 rings (SSSR count). The molecule has 0 bridgehead atoms. The Morgan fingerprint density at radius 3 is 2.28 bits per heavy atom. The van der Waals surface area contributed by atoms with Crippen molar-refractivity contribution in [2.75, 3.05) is 12.4 Å². The highest BCUT2D eigenvalue weighted by Crippen LogP contribution is 2.21. The van der Waals surface area contributed by atoms with E-state index in [1.807, 2.05) is 36.4 Å². The van der Waals surface area contributed by atoms with E-state index in [2.05, 4.69) is 15.8 Å². The molecule has 0 heterocycles. The topological polar surface area (TPSA) is 89.0 Å². The molecule has 0 aliphatic rings. The summed E-state index contributed by atoms with van der Waals surface area (Å²) in [5.74, 6) is 0.284. The molecule has 2 amide bonds. The minimum atomic E-state index is -0.881. The minimum absolute atomic E-state index is 0.473. The van der Waals surface area contributed by atoms with Crippen molar-refractivity contribution in [1.82, 2.24) is 5.43 Å². The molecule has 0 saturated heterocycles. The summed E-state index contributed by atoms with van der Waals surface area (Å²) in [6.07, 6.45) is 1.43. The Balaban J connectivity index is 1.54. The summed E-state index contributed by atoms with van der Waals surface area (Å²) < 4.78 is 10.8. The van der Waals surface area contributed by atoms with Gasteiger partial charge in [0.1, 0.15) is 17.2 Å². The van der Waals surface area contributed by atoms with Crippen LogP contribution < -0.4 is 20.2 Å². The maximum Gasteiger partial charge on any atom is 0.329 e. The van der Waals surface area contributed by atoms with Gasteiger partial charge in [-0.25, -0.2) is 5.43 Å². The van der Waals surface area contributed by atoms with Crippen molar-refractivity contribution in [2.45, 2.75) is 0 Å². The maximum atomic E-state index is 11.9. The van der Waals surface area contributed by atoms with Gasteiger partial charge in [0, 0.05) is 5.69 Å². The van der Waals surface area contributed by atoms with E-state index in [1.54, 1.807) is 49.6 Å². The van der Waals surface area contributed by atoms with Gasteiger partial charge in [-0.15, -0.1) is 0 Å². The summed E-state index contributed by atoms with van der Waals surface area (Å²) in [7, 11) is 1.54. The Morgan fingerprint density at radius 2 is 1.55 bits per heavy atom. The van der Waals surface area contributed by atoms with Gasteiger partial charge < -0.3 is 14.8 Å². The fraction of sp³-hybridized carbons (Fsp3) is 0.0455. The van der Waals surface area contributed by atoms with Crippen LogP contribution >= 0.6 is 0 Å². The first-order valence-electron chi connectivity index (χ1n) is 8.75. The number of amides is 2. The fourth-order valence-corrected chi connectivity index (χ4v) is 2.36. The third-order valence-corrected chi connectivity index (χ3v) is 3.77. The number of nitrogens with zero attached hydrogens (tertiary/aromatic N) is 1. The van der Waals surface area contributed by atoms with Gasteiger partial charge in [0.05, 0.1) is 13.3 Å². The van der Waals surface area contributed by atoms with Crippen LogP contribution in [0, 0.1) is 0 Å². The van der Waals surface area contributed by atoms with E-state index in [1.165, 1.54) is 6.21 Å². The van der Waals surface area contributed by atoms with Crippen molar-refractivity contribution in [2.24, 2.45) is 5.10 Å². The van der Waals surface area contributed by atoms with Crippen molar-refractivity contribution in [1.29, 1.82) is 0 Å². The number of rotatable bonds is 6. The first-order chi connectivity index (χ1) is 14.1. The van der Waals surface area contributed by atoms with Gasteiger partial charge in [0.25, 0.3) is 0 Å². The molecule has 0 radical (unpaired) electrons. The second-order valence-electron chi connectivity index (χ2n) is 5.87. The summed E-state index contributed by atoms with van der Waals surface area (Å²) >= 11 is 0. The van der Waals surface area contributed by atoms with Crippen LogP contribution in [-0.2, 0) is 9.59 Å². The number of carbonyl (C=O) groups is 2. The Morgan fingerprint density at radius 1 is 0.828 bits per heavy atom. The van der Waals surface area contributed by atoms with Crippen LogP contribution in [0.5, 0.6) is 17.2 Å². The largest absolute Gasteiger partial charge is 0.497 e. The standard InChI is InChI=1S/C22H19N3O4/c1-28-18-12-10-17(11-13-18)24-21(26)22(27)25-23-15-16-6-5-9-20(14-16)29-19-7-3-2-4-8-19/h2-15H,1H3,(H,24,26)(H,25,27). The number of anilines is 1. The smallest absolute Gasteiger partial charge is 0.329 e. The number of benzene rings is 3. The molecular weight excluding hydrogens is 370 g/mol. The lowest BCUT2D eigenvalue weighted by molar-refractivity contribution is -0.136. The van der Waals surface area contributed by atoms with Gasteiger partial charge in [-0.1, -0.05) is 30.3 Å². The monoisotopic (exact) mass is 389 g/mol. The normalized spacial score (nSPS) is 10.4. The van der Waals surface area contributed by atoms with E-state index < -0.39 is 11.8 Å². The highest BCUT2D eigenvalue weighted by molar-refractivity contribution is 6.39. The first-order valence-corrected chi connectivity index (χ1v) is 8.75. The van der Waals surface area contributed by atoms with Crippen LogP contribution in [0.1, 0.15) is 5.56 Å². The number of ether oxygens (including phenoxy) is 2. The van der Waals surface area contributed by atoms with Gasteiger partial charge >= 0.3 is 11.8 Å². The average molecular weight is 389 g/mol. The highest BCUT2D eigenvalue weighted by Gasteiger charge is 2.12. The van der Waals surface area contributed by atoms with Crippen LogP contribution in [0.25, 0.3) is 0 Å². The van der Waals surface area contributed by atoms with Crippen LogP contribution in [-0.4, -0.2) is 25.1 Å². The predicted molar refractivity (Wildman–Crippen MR) is 110 cm³/mol. The van der Waals surface area contributed by atoms with E-state index in [9.17, 15) is 9.59 Å². The number of para-hydroxylation sites is 1. The zero-order valence-electron chi connectivity index (χ0n) is 15.7. The second kappa shape index (κ2) is 9.70. The lowest BCUT2D eigenvalue weighted by Crippen LogP contribution is -2.32. The Kier molecular flexibility index (Phi) is 6.57. The molecule has 0 saturated carbocycles. The number of hydrazone groups is 1. The fourth-order valence-electron chi connectivity index (χ4n) is 2.36. The Labute approximate surface area is 168 Å². The summed E-state index contributed by atoms with van der Waals surface area (Å²) in [6, 6.07) is 23.2. The van der Waals surface area contributed by atoms with Crippen LogP contribution in [0.3, 0.4) is 0 Å². The lowest BCUT2D eigenvalue weighted by Gasteiger charge is -2.06. The quantitative estimate of drug-likeness (QED) is 0.383. The van der Waals surface area contributed by atoms with Crippen LogP contribution in [0.4, 0.5) is 5.69 Å². The van der Waals surface area contributed by atoms with Gasteiger partial charge in [-0.05, 0) is 54.1 Å². The molecule has 0 atom stereocenters. The molecule has 146 valence electrons. The average Bonchev–Trinajstić information content (AvgIpc) is 2.75. The molecule has 3 aromatic rings. The molecule has 2 N–H and O–H groups in total. The Bertz CT molecular complexity index is 1000. The number of nitrogens with one attached hydrogen (secondary N) is 2. The van der Waals surface area contributed by atoms with Crippen molar-refractivity contribution in [3.05, 3.63) is 84.4 Å². The predicted octanol–water partition coefficient (Wildman–Crippen LogP) is 3.58. The zero-order valence-corrected chi connectivity index (χ0v) is 15.7. The summed E-state index contributed by atoms with van der Waals surface area (Å²) in [6.45, 7) is 0. The van der Waals surface area contributed by atoms with Crippen molar-refractivity contribution < 1.29 is 19.1 Å². The molecular formula is C22H19N3O4. The summed E-state index contributed by atoms with van der Waals surface area (Å²) in [4.78, 5) is 23.8. The van der Waals surface area contributed by atoms with E-state index >= 15 is 0 Å². The van der Waals surface area contributed by atoms with Gasteiger partial charge in [-0.3, -0.25) is 9.59 Å². The lowest BCUT2D eigenvalue weighted by atomic mass is 10.2. The first kappa shape index (κ1) is 19.6. The molecule has 0 unspecified atom stereocenters. The molecule has 0 aliphatic carbocycles. The van der Waals surface area contributed by atoms with E-state index in [0.717, 1.165) is 0 Å². The number of hydrogen-bond donors (Lipinski definition) is 2. The molecule has 0 aliphatic heterocycles. The molecule has 0 fully saturated rings. The highest BCUT2D eigenvalue weighted by atomic mass is 16.5. The zero-order chi connectivity index (χ0) is 20.5. The van der Waals surface area contributed by atoms with Gasteiger partial charge in [0.15, 0.2) is 0 Å². The van der Waals surface area contributed by atoms with E-state index in [0.29, 0.717) is 28.5 Å². The molecule has 7 nitrogen and oxygen atoms in total. The maximum absolute atomic E-state index is 11.9. The molecule has 0 spiro atoms. The third-order valence-electron chi connectivity index (χ3n) is 3.77. The van der Waals surface area contributed by atoms with Crippen LogP contribution in [0.15, 0.2) is 84.0 Å². The van der Waals surface area contributed by atoms with Gasteiger partial charge in [-0.2, -0.15) is 5.10 Å². The summed E-state index contributed by atoms with van der Waals surface area (Å²) in [5, 5.41) is 6.30. The molecule has 7 heteroatoms. The Hall–Kier alpha value is -4.13. The number of carbonyl (C=O) groups excluding carboxylic acids is 2. The van der Waals surface area contributed by atoms with Crippen LogP contribution in [0.2, 0.25) is 0 Å². The molecule has 3 aromatic carbocycles. The molecule has 0 aromatic heterocycles. The van der Waals surface area contributed by atoms with Gasteiger partial charge in [0.2, 0.25) is 0 Å². The SMILES string of the molecule is COc1ccc(NC(=O)C(=O)NN=Cc2cccc(Oc3ccccc3)c2)cc1. The molecule has 29 heavy (non-hydrogen) atoms. The van der Waals surface area contributed by atoms with Crippen molar-refractivity contribution in [3.63, 3.8) is 0 Å². The van der Waals surface area contributed by atoms with E-state index in [-0.39, 0.29) is 0 Å². The summed E-state index contributed by atoms with van der Waals surface area (Å²) in [5.41, 5.74) is 3.37. The number of methoxy groups -OCH3 is 1. The number of hydrogen-bond acceptors (Lipinski definition) is 5. The van der Waals surface area contributed by atoms with Crippen molar-refractivity contribution in [3.8, 4) is 17.2 Å². The second-order valence-corrected chi connectivity index (χ2v) is 5.87. The van der Waals surface area contributed by atoms with Crippen molar-refractivity contribution >= 4 is 23.7 Å². The minimum Gasteiger partial charge on any atom is -0.497 e.